The molecular formula is C15H21N3O3. The Kier molecular flexibility index (Phi) is 5.16. The van der Waals surface area contributed by atoms with E-state index in [1.807, 2.05) is 7.05 Å². The summed E-state index contributed by atoms with van der Waals surface area (Å²) in [4.78, 5) is 27.7. The number of hydrogen-bond donors (Lipinski definition) is 2. The Morgan fingerprint density at radius 1 is 1.24 bits per heavy atom. The van der Waals surface area contributed by atoms with Gasteiger partial charge in [0.15, 0.2) is 0 Å². The molecule has 1 saturated heterocycles. The van der Waals surface area contributed by atoms with E-state index in [4.69, 9.17) is 0 Å². The monoisotopic (exact) mass is 291 g/mol. The summed E-state index contributed by atoms with van der Waals surface area (Å²) in [6, 6.07) is 6.55. The second-order valence-electron chi connectivity index (χ2n) is 5.31. The summed E-state index contributed by atoms with van der Waals surface area (Å²) >= 11 is 0. The van der Waals surface area contributed by atoms with E-state index in [2.05, 4.69) is 10.2 Å². The minimum Gasteiger partial charge on any atom is -0.508 e. The first-order valence-corrected chi connectivity index (χ1v) is 7.05. The zero-order chi connectivity index (χ0) is 15.2. The van der Waals surface area contributed by atoms with Crippen LogP contribution in [-0.4, -0.2) is 66.5 Å². The van der Waals surface area contributed by atoms with Crippen LogP contribution < -0.4 is 5.32 Å². The molecule has 0 atom stereocenters. The predicted octanol–water partition coefficient (Wildman–Crippen LogP) is -0.175. The minimum absolute atomic E-state index is 0.0291. The molecule has 1 heterocycles. The first kappa shape index (κ1) is 15.3. The lowest BCUT2D eigenvalue weighted by molar-refractivity contribution is -0.134. The van der Waals surface area contributed by atoms with Crippen LogP contribution in [0.2, 0.25) is 0 Å². The molecule has 114 valence electrons. The molecule has 1 aliphatic rings. The Morgan fingerprint density at radius 2 is 1.95 bits per heavy atom. The molecule has 0 aromatic heterocycles. The van der Waals surface area contributed by atoms with Crippen molar-refractivity contribution < 1.29 is 14.7 Å². The number of aromatic hydroxyl groups is 1. The maximum absolute atomic E-state index is 12.0. The molecular weight excluding hydrogens is 270 g/mol. The summed E-state index contributed by atoms with van der Waals surface area (Å²) in [5.74, 6) is -0.135. The third-order valence-electron chi connectivity index (χ3n) is 3.57. The summed E-state index contributed by atoms with van der Waals surface area (Å²) in [5.41, 5.74) is 0.722. The van der Waals surface area contributed by atoms with Crippen molar-refractivity contribution in [1.29, 1.82) is 0 Å². The van der Waals surface area contributed by atoms with Gasteiger partial charge >= 0.3 is 0 Å². The van der Waals surface area contributed by atoms with Gasteiger partial charge in [0.25, 0.3) is 0 Å². The molecule has 6 nitrogen and oxygen atoms in total. The number of piperazine rings is 1. The molecule has 0 spiro atoms. The van der Waals surface area contributed by atoms with Crippen LogP contribution in [0.4, 0.5) is 0 Å². The van der Waals surface area contributed by atoms with Crippen LogP contribution in [-0.2, 0) is 16.0 Å². The van der Waals surface area contributed by atoms with Gasteiger partial charge in [0, 0.05) is 26.2 Å². The van der Waals surface area contributed by atoms with Gasteiger partial charge in [0.1, 0.15) is 5.75 Å². The minimum atomic E-state index is -0.219. The molecule has 0 saturated carbocycles. The summed E-state index contributed by atoms with van der Waals surface area (Å²) < 4.78 is 0. The largest absolute Gasteiger partial charge is 0.508 e. The fourth-order valence-corrected chi connectivity index (χ4v) is 2.26. The molecule has 2 rings (SSSR count). The van der Waals surface area contributed by atoms with E-state index in [1.54, 1.807) is 29.2 Å². The van der Waals surface area contributed by atoms with Gasteiger partial charge in [0.05, 0.1) is 13.0 Å². The van der Waals surface area contributed by atoms with Crippen molar-refractivity contribution >= 4 is 11.8 Å². The number of benzene rings is 1. The Morgan fingerprint density at radius 3 is 2.62 bits per heavy atom. The highest BCUT2D eigenvalue weighted by Gasteiger charge is 2.19. The van der Waals surface area contributed by atoms with Gasteiger partial charge in [0.2, 0.25) is 11.8 Å². The fourth-order valence-electron chi connectivity index (χ4n) is 2.26. The van der Waals surface area contributed by atoms with Crippen LogP contribution in [0.15, 0.2) is 24.3 Å². The molecule has 0 bridgehead atoms. The molecule has 0 radical (unpaired) electrons. The molecule has 1 fully saturated rings. The van der Waals surface area contributed by atoms with E-state index in [1.165, 1.54) is 0 Å². The fraction of sp³-hybridized carbons (Fsp3) is 0.467. The van der Waals surface area contributed by atoms with Crippen LogP contribution >= 0.6 is 0 Å². The van der Waals surface area contributed by atoms with Gasteiger partial charge in [-0.1, -0.05) is 12.1 Å². The summed E-state index contributed by atoms with van der Waals surface area (Å²) in [6.45, 7) is 3.17. The average molecular weight is 291 g/mol. The third-order valence-corrected chi connectivity index (χ3v) is 3.57. The lowest BCUT2D eigenvalue weighted by Crippen LogP contribution is -2.50. The Labute approximate surface area is 124 Å². The van der Waals surface area contributed by atoms with Crippen LogP contribution in [0.1, 0.15) is 5.56 Å². The van der Waals surface area contributed by atoms with Crippen molar-refractivity contribution in [2.24, 2.45) is 0 Å². The normalized spacial score (nSPS) is 15.8. The van der Waals surface area contributed by atoms with Crippen molar-refractivity contribution in [2.75, 3.05) is 39.8 Å². The van der Waals surface area contributed by atoms with Crippen LogP contribution in [0, 0.1) is 0 Å². The maximum atomic E-state index is 12.0. The highest BCUT2D eigenvalue weighted by molar-refractivity contribution is 5.85. The predicted molar refractivity (Wildman–Crippen MR) is 78.9 cm³/mol. The highest BCUT2D eigenvalue weighted by Crippen LogP contribution is 2.11. The SMILES string of the molecule is CN1CCN(C(=O)CNC(=O)Cc2cccc(O)c2)CC1. The number of amides is 2. The third kappa shape index (κ3) is 4.75. The molecule has 2 amide bonds. The Bertz CT molecular complexity index is 511. The van der Waals surface area contributed by atoms with Crippen LogP contribution in [0.3, 0.4) is 0 Å². The van der Waals surface area contributed by atoms with E-state index >= 15 is 0 Å². The lowest BCUT2D eigenvalue weighted by atomic mass is 10.1. The molecule has 1 aromatic carbocycles. The van der Waals surface area contributed by atoms with Crippen LogP contribution in [0.25, 0.3) is 0 Å². The number of carbonyl (C=O) groups is 2. The number of nitrogens with zero attached hydrogens (tertiary/aromatic N) is 2. The van der Waals surface area contributed by atoms with Gasteiger partial charge < -0.3 is 20.2 Å². The molecule has 1 aliphatic heterocycles. The lowest BCUT2D eigenvalue weighted by Gasteiger charge is -2.32. The van der Waals surface area contributed by atoms with Crippen molar-refractivity contribution in [3.05, 3.63) is 29.8 Å². The number of hydrogen-bond acceptors (Lipinski definition) is 4. The van der Waals surface area contributed by atoms with Crippen molar-refractivity contribution in [1.82, 2.24) is 15.1 Å². The number of rotatable bonds is 4. The molecule has 6 heteroatoms. The number of likely N-dealkylation sites (N-methyl/N-ethyl adjacent to an activating group) is 1. The Hall–Kier alpha value is -2.08. The molecule has 21 heavy (non-hydrogen) atoms. The quantitative estimate of drug-likeness (QED) is 0.807. The van der Waals surface area contributed by atoms with E-state index in [0.717, 1.165) is 18.7 Å². The smallest absolute Gasteiger partial charge is 0.242 e. The molecule has 0 unspecified atom stereocenters. The van der Waals surface area contributed by atoms with Crippen LogP contribution in [0.5, 0.6) is 5.75 Å². The number of nitrogens with one attached hydrogen (secondary N) is 1. The van der Waals surface area contributed by atoms with Crippen molar-refractivity contribution in [3.8, 4) is 5.75 Å². The number of phenolic OH excluding ortho intramolecular Hbond substituents is 1. The van der Waals surface area contributed by atoms with Crippen molar-refractivity contribution in [2.45, 2.75) is 6.42 Å². The zero-order valence-corrected chi connectivity index (χ0v) is 12.2. The first-order chi connectivity index (χ1) is 10.0. The zero-order valence-electron chi connectivity index (χ0n) is 12.2. The summed E-state index contributed by atoms with van der Waals surface area (Å²) in [7, 11) is 2.03. The van der Waals surface area contributed by atoms with Gasteiger partial charge in [-0.2, -0.15) is 0 Å². The summed E-state index contributed by atoms with van der Waals surface area (Å²) in [6.07, 6.45) is 0.157. The number of phenols is 1. The number of carbonyl (C=O) groups excluding carboxylic acids is 2. The molecule has 1 aromatic rings. The van der Waals surface area contributed by atoms with Crippen molar-refractivity contribution in [3.63, 3.8) is 0 Å². The van der Waals surface area contributed by atoms with Gasteiger partial charge in [-0.05, 0) is 24.7 Å². The second kappa shape index (κ2) is 7.08. The topological polar surface area (TPSA) is 72.9 Å². The van der Waals surface area contributed by atoms with Gasteiger partial charge in [-0.15, -0.1) is 0 Å². The van der Waals surface area contributed by atoms with Gasteiger partial charge in [-0.3, -0.25) is 9.59 Å². The summed E-state index contributed by atoms with van der Waals surface area (Å²) in [5, 5.41) is 12.0. The average Bonchev–Trinajstić information content (AvgIpc) is 2.45. The van der Waals surface area contributed by atoms with E-state index in [-0.39, 0.29) is 30.5 Å². The van der Waals surface area contributed by atoms with E-state index in [0.29, 0.717) is 13.1 Å². The standard InChI is InChI=1S/C15H21N3O3/c1-17-5-7-18(8-6-17)15(21)11-16-14(20)10-12-3-2-4-13(19)9-12/h2-4,9,19H,5-8,10-11H2,1H3,(H,16,20). The molecule has 0 aliphatic carbocycles. The maximum Gasteiger partial charge on any atom is 0.242 e. The Balaban J connectivity index is 1.75. The van der Waals surface area contributed by atoms with Gasteiger partial charge in [-0.25, -0.2) is 0 Å². The molecule has 2 N–H and O–H groups in total. The van der Waals surface area contributed by atoms with E-state index < -0.39 is 0 Å². The highest BCUT2D eigenvalue weighted by atomic mass is 16.3. The second-order valence-corrected chi connectivity index (χ2v) is 5.31. The first-order valence-electron chi connectivity index (χ1n) is 7.05. The van der Waals surface area contributed by atoms with E-state index in [9.17, 15) is 14.7 Å².